The Balaban J connectivity index is 2.31. The summed E-state index contributed by atoms with van der Waals surface area (Å²) in [5, 5.41) is 2.59. The average molecular weight is 298 g/mol. The van der Waals surface area contributed by atoms with E-state index >= 15 is 0 Å². The van der Waals surface area contributed by atoms with E-state index in [4.69, 9.17) is 34.7 Å². The first-order valence-electron chi connectivity index (χ1n) is 5.11. The second-order valence-electron chi connectivity index (χ2n) is 3.63. The van der Waals surface area contributed by atoms with Crippen molar-refractivity contribution in [2.45, 2.75) is 0 Å². The van der Waals surface area contributed by atoms with Crippen LogP contribution >= 0.6 is 23.2 Å². The highest BCUT2D eigenvalue weighted by Crippen LogP contribution is 2.27. The van der Waals surface area contributed by atoms with Crippen LogP contribution in [0.4, 0.5) is 17.1 Å². The molecule has 0 unspecified atom stereocenters. The summed E-state index contributed by atoms with van der Waals surface area (Å²) < 4.78 is 0. The molecular weight excluding hydrogens is 289 g/mol. The largest absolute Gasteiger partial charge is 0.399 e. The number of hydrogen-bond donors (Lipinski definition) is 3. The van der Waals surface area contributed by atoms with Gasteiger partial charge in [0.1, 0.15) is 12.0 Å². The maximum Gasteiger partial charge on any atom is 0.257 e. The standard InChI is InChI=1S/C11H9Cl2N5O/c12-9-8(10(13)17-4-16-9)18-11(19)6-2-1-5(14)3-7(6)15/h1-4H,14-15H2,(H,18,19). The lowest BCUT2D eigenvalue weighted by Gasteiger charge is -2.09. The quantitative estimate of drug-likeness (QED) is 0.582. The monoisotopic (exact) mass is 297 g/mol. The van der Waals surface area contributed by atoms with Gasteiger partial charge in [0.05, 0.1) is 5.56 Å². The van der Waals surface area contributed by atoms with Crippen molar-refractivity contribution < 1.29 is 4.79 Å². The van der Waals surface area contributed by atoms with E-state index in [-0.39, 0.29) is 27.2 Å². The molecule has 0 saturated carbocycles. The van der Waals surface area contributed by atoms with Crippen LogP contribution in [0.5, 0.6) is 0 Å². The summed E-state index contributed by atoms with van der Waals surface area (Å²) in [7, 11) is 0. The van der Waals surface area contributed by atoms with Crippen LogP contribution in [0.15, 0.2) is 24.5 Å². The average Bonchev–Trinajstić information content (AvgIpc) is 2.33. The van der Waals surface area contributed by atoms with Gasteiger partial charge in [-0.25, -0.2) is 9.97 Å². The molecule has 5 N–H and O–H groups in total. The van der Waals surface area contributed by atoms with Crippen molar-refractivity contribution in [2.75, 3.05) is 16.8 Å². The van der Waals surface area contributed by atoms with Crippen LogP contribution in [-0.2, 0) is 0 Å². The molecule has 1 amide bonds. The van der Waals surface area contributed by atoms with Crippen molar-refractivity contribution >= 4 is 46.2 Å². The first-order chi connectivity index (χ1) is 8.99. The fourth-order valence-electron chi connectivity index (χ4n) is 1.42. The summed E-state index contributed by atoms with van der Waals surface area (Å²) in [6.07, 6.45) is 1.19. The molecule has 1 aromatic heterocycles. The van der Waals surface area contributed by atoms with E-state index in [1.807, 2.05) is 0 Å². The molecule has 1 heterocycles. The van der Waals surface area contributed by atoms with Gasteiger partial charge in [-0.05, 0) is 18.2 Å². The predicted octanol–water partition coefficient (Wildman–Crippen LogP) is 2.20. The van der Waals surface area contributed by atoms with Crippen LogP contribution in [0.3, 0.4) is 0 Å². The fourth-order valence-corrected chi connectivity index (χ4v) is 1.83. The summed E-state index contributed by atoms with van der Waals surface area (Å²) in [5.41, 5.74) is 12.4. The Morgan fingerprint density at radius 3 is 2.37 bits per heavy atom. The second kappa shape index (κ2) is 5.29. The van der Waals surface area contributed by atoms with Gasteiger partial charge in [0.15, 0.2) is 10.3 Å². The zero-order valence-electron chi connectivity index (χ0n) is 9.52. The van der Waals surface area contributed by atoms with E-state index in [0.717, 1.165) is 0 Å². The van der Waals surface area contributed by atoms with E-state index < -0.39 is 5.91 Å². The minimum atomic E-state index is -0.476. The number of carbonyl (C=O) groups excluding carboxylic acids is 1. The summed E-state index contributed by atoms with van der Waals surface area (Å²) in [5.74, 6) is -0.476. The van der Waals surface area contributed by atoms with Gasteiger partial charge in [-0.3, -0.25) is 4.79 Å². The van der Waals surface area contributed by atoms with Crippen molar-refractivity contribution in [3.05, 3.63) is 40.4 Å². The van der Waals surface area contributed by atoms with Gasteiger partial charge >= 0.3 is 0 Å². The zero-order valence-corrected chi connectivity index (χ0v) is 11.0. The maximum absolute atomic E-state index is 12.0. The molecule has 0 fully saturated rings. The molecule has 0 bridgehead atoms. The molecular formula is C11H9Cl2N5O. The predicted molar refractivity (Wildman–Crippen MR) is 75.3 cm³/mol. The van der Waals surface area contributed by atoms with Crippen LogP contribution in [0.1, 0.15) is 10.4 Å². The Morgan fingerprint density at radius 2 is 1.79 bits per heavy atom. The molecule has 0 aliphatic heterocycles. The van der Waals surface area contributed by atoms with Gasteiger partial charge in [-0.15, -0.1) is 0 Å². The number of anilines is 3. The highest BCUT2D eigenvalue weighted by molar-refractivity contribution is 6.38. The minimum Gasteiger partial charge on any atom is -0.399 e. The lowest BCUT2D eigenvalue weighted by molar-refractivity contribution is 0.102. The lowest BCUT2D eigenvalue weighted by atomic mass is 10.1. The number of benzene rings is 1. The molecule has 2 aromatic rings. The molecule has 19 heavy (non-hydrogen) atoms. The Labute approximate surface area is 118 Å². The summed E-state index contributed by atoms with van der Waals surface area (Å²) in [4.78, 5) is 19.5. The van der Waals surface area contributed by atoms with E-state index in [1.165, 1.54) is 18.5 Å². The van der Waals surface area contributed by atoms with Crippen LogP contribution in [0, 0.1) is 0 Å². The molecule has 0 atom stereocenters. The topological polar surface area (TPSA) is 107 Å². The Hall–Kier alpha value is -2.05. The second-order valence-corrected chi connectivity index (χ2v) is 4.35. The Morgan fingerprint density at radius 1 is 1.16 bits per heavy atom. The third-order valence-corrected chi connectivity index (χ3v) is 2.89. The SMILES string of the molecule is Nc1ccc(C(=O)Nc2c(Cl)ncnc2Cl)c(N)c1. The zero-order chi connectivity index (χ0) is 14.0. The minimum absolute atomic E-state index is 0.0439. The van der Waals surface area contributed by atoms with Crippen LogP contribution in [0.25, 0.3) is 0 Å². The number of nitrogens with two attached hydrogens (primary N) is 2. The third-order valence-electron chi connectivity index (χ3n) is 2.31. The number of hydrogen-bond acceptors (Lipinski definition) is 5. The number of carbonyl (C=O) groups is 1. The molecule has 8 heteroatoms. The van der Waals surface area contributed by atoms with Crippen molar-refractivity contribution in [1.82, 2.24) is 9.97 Å². The Bertz CT molecular complexity index is 627. The highest BCUT2D eigenvalue weighted by atomic mass is 35.5. The van der Waals surface area contributed by atoms with Crippen LogP contribution in [0.2, 0.25) is 10.3 Å². The molecule has 0 saturated heterocycles. The summed E-state index contributed by atoms with van der Waals surface area (Å²) >= 11 is 11.6. The number of rotatable bonds is 2. The van der Waals surface area contributed by atoms with Gasteiger partial charge < -0.3 is 16.8 Å². The molecule has 0 spiro atoms. The van der Waals surface area contributed by atoms with Crippen molar-refractivity contribution in [1.29, 1.82) is 0 Å². The summed E-state index contributed by atoms with van der Waals surface area (Å²) in [6, 6.07) is 4.56. The lowest BCUT2D eigenvalue weighted by Crippen LogP contribution is -2.15. The first-order valence-corrected chi connectivity index (χ1v) is 5.87. The van der Waals surface area contributed by atoms with E-state index in [0.29, 0.717) is 5.69 Å². The molecule has 98 valence electrons. The van der Waals surface area contributed by atoms with Gasteiger partial charge in [-0.2, -0.15) is 0 Å². The summed E-state index contributed by atoms with van der Waals surface area (Å²) in [6.45, 7) is 0. The van der Waals surface area contributed by atoms with Gasteiger partial charge in [0.25, 0.3) is 5.91 Å². The smallest absolute Gasteiger partial charge is 0.257 e. The molecule has 0 aliphatic carbocycles. The number of nitrogens with zero attached hydrogens (tertiary/aromatic N) is 2. The highest BCUT2D eigenvalue weighted by Gasteiger charge is 2.15. The van der Waals surface area contributed by atoms with E-state index in [2.05, 4.69) is 15.3 Å². The van der Waals surface area contributed by atoms with Crippen molar-refractivity contribution in [2.24, 2.45) is 0 Å². The van der Waals surface area contributed by atoms with Gasteiger partial charge in [-0.1, -0.05) is 23.2 Å². The molecule has 1 aromatic carbocycles. The Kier molecular flexibility index (Phi) is 3.73. The third kappa shape index (κ3) is 2.86. The number of halogens is 2. The van der Waals surface area contributed by atoms with Crippen molar-refractivity contribution in [3.8, 4) is 0 Å². The van der Waals surface area contributed by atoms with Gasteiger partial charge in [0, 0.05) is 11.4 Å². The van der Waals surface area contributed by atoms with E-state index in [9.17, 15) is 4.79 Å². The van der Waals surface area contributed by atoms with Crippen molar-refractivity contribution in [3.63, 3.8) is 0 Å². The maximum atomic E-state index is 12.0. The molecule has 0 aliphatic rings. The van der Waals surface area contributed by atoms with Crippen LogP contribution in [-0.4, -0.2) is 15.9 Å². The molecule has 2 rings (SSSR count). The number of nitrogen functional groups attached to an aromatic ring is 2. The van der Waals surface area contributed by atoms with Crippen LogP contribution < -0.4 is 16.8 Å². The number of amides is 1. The fraction of sp³-hybridized carbons (Fsp3) is 0. The molecule has 6 nitrogen and oxygen atoms in total. The van der Waals surface area contributed by atoms with E-state index in [1.54, 1.807) is 6.07 Å². The first kappa shape index (κ1) is 13.4. The molecule has 0 radical (unpaired) electrons. The van der Waals surface area contributed by atoms with Gasteiger partial charge in [0.2, 0.25) is 0 Å². The normalized spacial score (nSPS) is 10.2. The number of aromatic nitrogens is 2. The number of nitrogens with one attached hydrogen (secondary N) is 1.